The Balaban J connectivity index is 1.62. The van der Waals surface area contributed by atoms with Gasteiger partial charge in [0.15, 0.2) is 0 Å². The van der Waals surface area contributed by atoms with Gasteiger partial charge in [-0.2, -0.15) is 0 Å². The monoisotopic (exact) mass is 354 g/mol. The van der Waals surface area contributed by atoms with Crippen molar-refractivity contribution in [3.63, 3.8) is 0 Å². The number of aliphatic hydroxyl groups is 1. The highest BCUT2D eigenvalue weighted by Crippen LogP contribution is 2.17. The predicted octanol–water partition coefficient (Wildman–Crippen LogP) is 1.13. The largest absolute Gasteiger partial charge is 0.389 e. The molecule has 0 spiro atoms. The van der Waals surface area contributed by atoms with Gasteiger partial charge in [-0.15, -0.1) is 0 Å². The first-order valence-corrected chi connectivity index (χ1v) is 8.56. The second kappa shape index (κ2) is 7.97. The summed E-state index contributed by atoms with van der Waals surface area (Å²) in [6.07, 6.45) is 1.27. The van der Waals surface area contributed by atoms with Crippen LogP contribution in [-0.4, -0.2) is 59.1 Å². The van der Waals surface area contributed by atoms with E-state index in [9.17, 15) is 14.7 Å². The van der Waals surface area contributed by atoms with Crippen molar-refractivity contribution in [2.24, 2.45) is 0 Å². The van der Waals surface area contributed by atoms with Crippen molar-refractivity contribution < 1.29 is 14.7 Å². The quantitative estimate of drug-likeness (QED) is 0.765. The van der Waals surface area contributed by atoms with E-state index in [1.807, 2.05) is 18.2 Å². The molecule has 2 amide bonds. The molecule has 1 aliphatic rings. The topological polar surface area (TPSA) is 94.6 Å². The summed E-state index contributed by atoms with van der Waals surface area (Å²) in [6, 6.07) is 11.9. The van der Waals surface area contributed by atoms with E-state index in [-0.39, 0.29) is 18.4 Å². The molecule has 1 saturated heterocycles. The number of benzene rings is 1. The zero-order valence-electron chi connectivity index (χ0n) is 14.6. The maximum Gasteiger partial charge on any atom is 0.255 e. The Bertz CT molecular complexity index is 781. The fraction of sp³-hybridized carbons (Fsp3) is 0.316. The van der Waals surface area contributed by atoms with E-state index in [0.29, 0.717) is 29.9 Å². The lowest BCUT2D eigenvalue weighted by Gasteiger charge is -2.36. The maximum absolute atomic E-state index is 12.5. The van der Waals surface area contributed by atoms with Crippen LogP contribution in [0.1, 0.15) is 27.1 Å². The van der Waals surface area contributed by atoms with Crippen molar-refractivity contribution in [2.75, 3.05) is 25.5 Å². The average molecular weight is 354 g/mol. The molecule has 7 nitrogen and oxygen atoms in total. The number of nitrogens with one attached hydrogen (secondary N) is 2. The minimum absolute atomic E-state index is 0.112. The van der Waals surface area contributed by atoms with Gasteiger partial charge in [0.2, 0.25) is 0 Å². The number of piperidine rings is 1. The minimum atomic E-state index is -0.824. The lowest BCUT2D eigenvalue weighted by atomic mass is 10.0. The highest BCUT2D eigenvalue weighted by Gasteiger charge is 2.32. The van der Waals surface area contributed by atoms with Crippen molar-refractivity contribution in [1.82, 2.24) is 15.2 Å². The highest BCUT2D eigenvalue weighted by atomic mass is 16.3. The summed E-state index contributed by atoms with van der Waals surface area (Å²) < 4.78 is 0. The molecule has 7 heteroatoms. The third-order valence-corrected chi connectivity index (χ3v) is 4.50. The molecule has 2 heterocycles. The molecular formula is C19H22N4O3. The number of carbonyl (C=O) groups is 2. The molecule has 0 aliphatic carbocycles. The molecule has 1 aromatic carbocycles. The van der Waals surface area contributed by atoms with Gasteiger partial charge >= 0.3 is 0 Å². The molecule has 0 radical (unpaired) electrons. The van der Waals surface area contributed by atoms with E-state index < -0.39 is 12.1 Å². The number of anilines is 1. The van der Waals surface area contributed by atoms with Crippen molar-refractivity contribution in [3.8, 4) is 0 Å². The van der Waals surface area contributed by atoms with Crippen LogP contribution in [0.2, 0.25) is 0 Å². The number of aromatic nitrogens is 1. The van der Waals surface area contributed by atoms with Crippen LogP contribution in [-0.2, 0) is 0 Å². The fourth-order valence-corrected chi connectivity index (χ4v) is 3.08. The average Bonchev–Trinajstić information content (AvgIpc) is 2.69. The molecule has 136 valence electrons. The SMILES string of the molecule is CNc1ncccc1C(=O)N[C@@H]1CCN(C(=O)c2ccccc2)C[C@H]1O. The number of aliphatic hydroxyl groups excluding tert-OH is 1. The summed E-state index contributed by atoms with van der Waals surface area (Å²) in [5.41, 5.74) is 1.01. The Morgan fingerprint density at radius 1 is 1.19 bits per heavy atom. The summed E-state index contributed by atoms with van der Waals surface area (Å²) >= 11 is 0. The number of β-amino-alcohol motifs (C(OH)–C–C–N with tert-alkyl or cyclic N) is 1. The van der Waals surface area contributed by atoms with Gasteiger partial charge in [-0.3, -0.25) is 9.59 Å². The number of nitrogens with zero attached hydrogens (tertiary/aromatic N) is 2. The van der Waals surface area contributed by atoms with Gasteiger partial charge in [0.25, 0.3) is 11.8 Å². The molecule has 2 aromatic rings. The summed E-state index contributed by atoms with van der Waals surface area (Å²) in [4.78, 5) is 30.7. The molecule has 3 rings (SSSR count). The van der Waals surface area contributed by atoms with Gasteiger partial charge in [0.1, 0.15) is 5.82 Å². The summed E-state index contributed by atoms with van der Waals surface area (Å²) in [6.45, 7) is 0.659. The Hall–Kier alpha value is -2.93. The van der Waals surface area contributed by atoms with Gasteiger partial charge in [-0.05, 0) is 30.7 Å². The predicted molar refractivity (Wildman–Crippen MR) is 98.0 cm³/mol. The third kappa shape index (κ3) is 3.83. The van der Waals surface area contributed by atoms with Crippen LogP contribution in [0.15, 0.2) is 48.7 Å². The molecule has 26 heavy (non-hydrogen) atoms. The van der Waals surface area contributed by atoms with Crippen LogP contribution in [0.4, 0.5) is 5.82 Å². The number of rotatable bonds is 4. The van der Waals surface area contributed by atoms with Crippen molar-refractivity contribution in [2.45, 2.75) is 18.6 Å². The Morgan fingerprint density at radius 2 is 1.96 bits per heavy atom. The second-order valence-corrected chi connectivity index (χ2v) is 6.20. The third-order valence-electron chi connectivity index (χ3n) is 4.50. The zero-order valence-corrected chi connectivity index (χ0v) is 14.6. The molecule has 1 fully saturated rings. The van der Waals surface area contributed by atoms with Gasteiger partial charge in [0, 0.05) is 31.9 Å². The molecule has 1 aromatic heterocycles. The molecule has 0 unspecified atom stereocenters. The van der Waals surface area contributed by atoms with Crippen LogP contribution in [0.5, 0.6) is 0 Å². The summed E-state index contributed by atoms with van der Waals surface area (Å²) in [5.74, 6) is 0.0738. The summed E-state index contributed by atoms with van der Waals surface area (Å²) in [7, 11) is 1.70. The van der Waals surface area contributed by atoms with E-state index >= 15 is 0 Å². The van der Waals surface area contributed by atoms with E-state index in [1.165, 1.54) is 0 Å². The number of likely N-dealkylation sites (tertiary alicyclic amines) is 1. The Labute approximate surface area is 152 Å². The Kier molecular flexibility index (Phi) is 5.48. The molecule has 2 atom stereocenters. The molecule has 0 saturated carbocycles. The van der Waals surface area contributed by atoms with Gasteiger partial charge in [-0.1, -0.05) is 18.2 Å². The van der Waals surface area contributed by atoms with Crippen molar-refractivity contribution in [3.05, 3.63) is 59.8 Å². The highest BCUT2D eigenvalue weighted by molar-refractivity contribution is 5.99. The first-order valence-electron chi connectivity index (χ1n) is 8.56. The smallest absolute Gasteiger partial charge is 0.255 e. The van der Waals surface area contributed by atoms with E-state index in [4.69, 9.17) is 0 Å². The van der Waals surface area contributed by atoms with E-state index in [2.05, 4.69) is 15.6 Å². The fourth-order valence-electron chi connectivity index (χ4n) is 3.08. The zero-order chi connectivity index (χ0) is 18.5. The Morgan fingerprint density at radius 3 is 2.65 bits per heavy atom. The van der Waals surface area contributed by atoms with Crippen LogP contribution < -0.4 is 10.6 Å². The minimum Gasteiger partial charge on any atom is -0.389 e. The van der Waals surface area contributed by atoms with Gasteiger partial charge < -0.3 is 20.6 Å². The lowest BCUT2D eigenvalue weighted by molar-refractivity contribution is 0.0315. The molecular weight excluding hydrogens is 332 g/mol. The van der Waals surface area contributed by atoms with Crippen LogP contribution >= 0.6 is 0 Å². The molecule has 3 N–H and O–H groups in total. The van der Waals surface area contributed by atoms with Crippen LogP contribution in [0.25, 0.3) is 0 Å². The first kappa shape index (κ1) is 17.9. The van der Waals surface area contributed by atoms with Crippen LogP contribution in [0, 0.1) is 0 Å². The maximum atomic E-state index is 12.5. The second-order valence-electron chi connectivity index (χ2n) is 6.20. The molecule has 1 aliphatic heterocycles. The van der Waals surface area contributed by atoms with Gasteiger partial charge in [-0.25, -0.2) is 4.98 Å². The standard InChI is InChI=1S/C19H22N4O3/c1-20-17-14(8-5-10-21-17)18(25)22-15-9-11-23(12-16(15)24)19(26)13-6-3-2-4-7-13/h2-8,10,15-16,24H,9,11-12H2,1H3,(H,20,21)(H,22,25)/t15-,16-/m1/s1. The first-order chi connectivity index (χ1) is 12.6. The van der Waals surface area contributed by atoms with Crippen molar-refractivity contribution >= 4 is 17.6 Å². The number of carbonyl (C=O) groups excluding carboxylic acids is 2. The molecule has 0 bridgehead atoms. The number of hydrogen-bond acceptors (Lipinski definition) is 5. The van der Waals surface area contributed by atoms with E-state index in [1.54, 1.807) is 42.4 Å². The number of amides is 2. The van der Waals surface area contributed by atoms with Crippen LogP contribution in [0.3, 0.4) is 0 Å². The normalized spacial score (nSPS) is 19.7. The van der Waals surface area contributed by atoms with Crippen molar-refractivity contribution in [1.29, 1.82) is 0 Å². The number of hydrogen-bond donors (Lipinski definition) is 3. The summed E-state index contributed by atoms with van der Waals surface area (Å²) in [5, 5.41) is 16.1. The lowest BCUT2D eigenvalue weighted by Crippen LogP contribution is -2.55. The number of pyridine rings is 1. The van der Waals surface area contributed by atoms with E-state index in [0.717, 1.165) is 0 Å². The van der Waals surface area contributed by atoms with Gasteiger partial charge in [0.05, 0.1) is 17.7 Å².